The monoisotopic (exact) mass is 234 g/mol. The molecule has 16 heavy (non-hydrogen) atoms. The first-order chi connectivity index (χ1) is 7.88. The van der Waals surface area contributed by atoms with Gasteiger partial charge in [-0.2, -0.15) is 0 Å². The summed E-state index contributed by atoms with van der Waals surface area (Å²) in [5.74, 6) is 0. The molecule has 0 saturated heterocycles. The molecule has 0 aliphatic heterocycles. The molecular weight excluding hydrogens is 220 g/mol. The highest BCUT2D eigenvalue weighted by Gasteiger charge is 1.97. The summed E-state index contributed by atoms with van der Waals surface area (Å²) < 4.78 is 0. The summed E-state index contributed by atoms with van der Waals surface area (Å²) in [7, 11) is 0. The van der Waals surface area contributed by atoms with Crippen molar-refractivity contribution in [3.8, 4) is 0 Å². The topological polar surface area (TPSA) is 63.8 Å². The van der Waals surface area contributed by atoms with E-state index in [2.05, 4.69) is 15.3 Å². The fraction of sp³-hybridized carbons (Fsp3) is 0.273. The third-order valence-corrected chi connectivity index (χ3v) is 2.84. The van der Waals surface area contributed by atoms with Gasteiger partial charge in [-0.3, -0.25) is 4.98 Å². The van der Waals surface area contributed by atoms with Crippen molar-refractivity contribution in [1.29, 1.82) is 0 Å². The number of thiazole rings is 1. The van der Waals surface area contributed by atoms with Crippen molar-refractivity contribution >= 4 is 11.3 Å². The van der Waals surface area contributed by atoms with Gasteiger partial charge in [-0.25, -0.2) is 4.98 Å². The number of rotatable bonds is 5. The highest BCUT2D eigenvalue weighted by Crippen LogP contribution is 2.03. The summed E-state index contributed by atoms with van der Waals surface area (Å²) in [6.45, 7) is 2.09. The van der Waals surface area contributed by atoms with Gasteiger partial charge < -0.3 is 11.1 Å². The Morgan fingerprint density at radius 2 is 2.19 bits per heavy atom. The van der Waals surface area contributed by atoms with E-state index in [0.29, 0.717) is 6.54 Å². The molecule has 0 aromatic carbocycles. The Hall–Kier alpha value is -1.30. The molecule has 0 aliphatic carbocycles. The molecule has 2 rings (SSSR count). The van der Waals surface area contributed by atoms with Crippen molar-refractivity contribution in [3.63, 3.8) is 0 Å². The lowest BCUT2D eigenvalue weighted by Gasteiger charge is -2.04. The van der Waals surface area contributed by atoms with Crippen LogP contribution in [-0.4, -0.2) is 9.97 Å². The van der Waals surface area contributed by atoms with Gasteiger partial charge in [-0.15, -0.1) is 11.3 Å². The van der Waals surface area contributed by atoms with Crippen molar-refractivity contribution < 1.29 is 0 Å². The van der Waals surface area contributed by atoms with Crippen molar-refractivity contribution in [3.05, 3.63) is 46.2 Å². The molecule has 0 spiro atoms. The van der Waals surface area contributed by atoms with Crippen molar-refractivity contribution in [2.24, 2.45) is 5.73 Å². The maximum Gasteiger partial charge on any atom is 0.0795 e. The van der Waals surface area contributed by atoms with Crippen LogP contribution in [0.25, 0.3) is 0 Å². The fourth-order valence-corrected chi connectivity index (χ4v) is 1.97. The Bertz CT molecular complexity index is 427. The highest BCUT2D eigenvalue weighted by atomic mass is 32.1. The van der Waals surface area contributed by atoms with Crippen LogP contribution in [0.15, 0.2) is 29.2 Å². The van der Waals surface area contributed by atoms with E-state index in [-0.39, 0.29) is 0 Å². The molecular formula is C11H14N4S. The first-order valence-corrected chi connectivity index (χ1v) is 6.04. The van der Waals surface area contributed by atoms with Crippen LogP contribution in [0.5, 0.6) is 0 Å². The summed E-state index contributed by atoms with van der Waals surface area (Å²) in [5.41, 5.74) is 10.6. The van der Waals surface area contributed by atoms with Crippen molar-refractivity contribution in [2.45, 2.75) is 19.6 Å². The molecule has 0 fully saturated rings. The van der Waals surface area contributed by atoms with E-state index in [1.165, 1.54) is 5.56 Å². The van der Waals surface area contributed by atoms with Crippen LogP contribution >= 0.6 is 11.3 Å². The smallest absolute Gasteiger partial charge is 0.0795 e. The zero-order valence-electron chi connectivity index (χ0n) is 8.89. The predicted molar refractivity (Wildman–Crippen MR) is 64.8 cm³/mol. The second-order valence-electron chi connectivity index (χ2n) is 3.44. The second-order valence-corrected chi connectivity index (χ2v) is 4.16. The molecule has 2 aromatic rings. The largest absolute Gasteiger partial charge is 0.325 e. The van der Waals surface area contributed by atoms with Crippen molar-refractivity contribution in [2.75, 3.05) is 0 Å². The number of nitrogens with one attached hydrogen (secondary N) is 1. The van der Waals surface area contributed by atoms with Gasteiger partial charge in [0.1, 0.15) is 0 Å². The van der Waals surface area contributed by atoms with Crippen LogP contribution in [-0.2, 0) is 19.6 Å². The molecule has 84 valence electrons. The van der Waals surface area contributed by atoms with Crippen molar-refractivity contribution in [1.82, 2.24) is 15.3 Å². The number of aromatic nitrogens is 2. The molecule has 2 aromatic heterocycles. The van der Waals surface area contributed by atoms with E-state index in [4.69, 9.17) is 5.73 Å². The SMILES string of the molecule is NCc1cc(CNCc2cscn2)ccn1. The summed E-state index contributed by atoms with van der Waals surface area (Å²) in [6.07, 6.45) is 1.79. The number of hydrogen-bond acceptors (Lipinski definition) is 5. The maximum atomic E-state index is 5.53. The van der Waals surface area contributed by atoms with Crippen LogP contribution in [0, 0.1) is 0 Å². The molecule has 0 aliphatic rings. The molecule has 4 nitrogen and oxygen atoms in total. The van der Waals surface area contributed by atoms with Gasteiger partial charge in [0.15, 0.2) is 0 Å². The van der Waals surface area contributed by atoms with E-state index in [1.54, 1.807) is 17.5 Å². The van der Waals surface area contributed by atoms with E-state index in [0.717, 1.165) is 24.5 Å². The number of nitrogens with zero attached hydrogens (tertiary/aromatic N) is 2. The molecule has 2 heterocycles. The number of nitrogens with two attached hydrogens (primary N) is 1. The Labute approximate surface area is 98.6 Å². The summed E-state index contributed by atoms with van der Waals surface area (Å²) >= 11 is 1.61. The second kappa shape index (κ2) is 5.69. The highest BCUT2D eigenvalue weighted by molar-refractivity contribution is 7.07. The third-order valence-electron chi connectivity index (χ3n) is 2.21. The van der Waals surface area contributed by atoms with Crippen LogP contribution in [0.3, 0.4) is 0 Å². The van der Waals surface area contributed by atoms with Gasteiger partial charge in [0.05, 0.1) is 16.9 Å². The zero-order chi connectivity index (χ0) is 11.2. The third kappa shape index (κ3) is 3.10. The first kappa shape index (κ1) is 11.2. The van der Waals surface area contributed by atoms with E-state index in [9.17, 15) is 0 Å². The number of pyridine rings is 1. The van der Waals surface area contributed by atoms with E-state index in [1.807, 2.05) is 23.0 Å². The summed E-state index contributed by atoms with van der Waals surface area (Å²) in [5, 5.41) is 5.38. The average Bonchev–Trinajstić information content (AvgIpc) is 2.82. The molecule has 0 saturated carbocycles. The molecule has 3 N–H and O–H groups in total. The van der Waals surface area contributed by atoms with Crippen LogP contribution in [0.2, 0.25) is 0 Å². The lowest BCUT2D eigenvalue weighted by molar-refractivity contribution is 0.681. The van der Waals surface area contributed by atoms with Gasteiger partial charge in [0.2, 0.25) is 0 Å². The molecule has 0 amide bonds. The lowest BCUT2D eigenvalue weighted by atomic mass is 10.2. The van der Waals surface area contributed by atoms with Crippen LogP contribution in [0.4, 0.5) is 0 Å². The molecule has 0 atom stereocenters. The lowest BCUT2D eigenvalue weighted by Crippen LogP contribution is -2.13. The van der Waals surface area contributed by atoms with E-state index < -0.39 is 0 Å². The average molecular weight is 234 g/mol. The maximum absolute atomic E-state index is 5.53. The number of hydrogen-bond donors (Lipinski definition) is 2. The van der Waals surface area contributed by atoms with Gasteiger partial charge in [0.25, 0.3) is 0 Å². The van der Waals surface area contributed by atoms with Gasteiger partial charge in [0, 0.05) is 31.2 Å². The molecule has 0 unspecified atom stereocenters. The molecule has 0 bridgehead atoms. The van der Waals surface area contributed by atoms with Gasteiger partial charge in [-0.05, 0) is 17.7 Å². The minimum absolute atomic E-state index is 0.486. The van der Waals surface area contributed by atoms with E-state index >= 15 is 0 Å². The Morgan fingerprint density at radius 3 is 2.94 bits per heavy atom. The Morgan fingerprint density at radius 1 is 1.25 bits per heavy atom. The Balaban J connectivity index is 1.85. The van der Waals surface area contributed by atoms with Gasteiger partial charge >= 0.3 is 0 Å². The quantitative estimate of drug-likeness (QED) is 0.818. The minimum atomic E-state index is 0.486. The summed E-state index contributed by atoms with van der Waals surface area (Å²) in [4.78, 5) is 8.36. The standard InChI is InChI=1S/C11H14N4S/c12-4-10-3-9(1-2-14-10)5-13-6-11-7-16-8-15-11/h1-3,7-8,13H,4-6,12H2. The fourth-order valence-electron chi connectivity index (χ4n) is 1.41. The molecule has 5 heteroatoms. The zero-order valence-corrected chi connectivity index (χ0v) is 9.70. The summed E-state index contributed by atoms with van der Waals surface area (Å²) in [6, 6.07) is 4.02. The van der Waals surface area contributed by atoms with Gasteiger partial charge in [-0.1, -0.05) is 0 Å². The predicted octanol–water partition coefficient (Wildman–Crippen LogP) is 1.29. The van der Waals surface area contributed by atoms with Crippen LogP contribution < -0.4 is 11.1 Å². The molecule has 0 radical (unpaired) electrons. The van der Waals surface area contributed by atoms with Crippen LogP contribution in [0.1, 0.15) is 17.0 Å². The first-order valence-electron chi connectivity index (χ1n) is 5.10. The minimum Gasteiger partial charge on any atom is -0.325 e. The Kier molecular flexibility index (Phi) is 3.98. The normalized spacial score (nSPS) is 10.6.